The molecule has 0 N–H and O–H groups in total. The van der Waals surface area contributed by atoms with E-state index >= 15 is 0 Å². The van der Waals surface area contributed by atoms with Crippen LogP contribution in [0.25, 0.3) is 0 Å². The Morgan fingerprint density at radius 1 is 0.714 bits per heavy atom. The Kier molecular flexibility index (Phi) is 7.17. The van der Waals surface area contributed by atoms with E-state index < -0.39 is 6.17 Å². The van der Waals surface area contributed by atoms with Crippen molar-refractivity contribution in [2.75, 3.05) is 0 Å². The van der Waals surface area contributed by atoms with E-state index in [1.165, 1.54) is 44.9 Å². The van der Waals surface area contributed by atoms with E-state index in [4.69, 9.17) is 0 Å². The molecule has 0 aromatic carbocycles. The van der Waals surface area contributed by atoms with Crippen LogP contribution in [0.5, 0.6) is 0 Å². The summed E-state index contributed by atoms with van der Waals surface area (Å²) < 4.78 is 13.8. The van der Waals surface area contributed by atoms with Gasteiger partial charge < -0.3 is 0 Å². The highest BCUT2D eigenvalue weighted by Gasteiger charge is 2.17. The molecule has 1 saturated carbocycles. The van der Waals surface area contributed by atoms with Gasteiger partial charge in [-0.2, -0.15) is 0 Å². The van der Waals surface area contributed by atoms with Gasteiger partial charge >= 0.3 is 0 Å². The van der Waals surface area contributed by atoms with Gasteiger partial charge in [-0.3, -0.25) is 0 Å². The average Bonchev–Trinajstić information content (AvgIpc) is 2.18. The summed E-state index contributed by atoms with van der Waals surface area (Å²) in [7, 11) is 0. The van der Waals surface area contributed by atoms with Gasteiger partial charge in [-0.25, -0.2) is 4.39 Å². The summed E-state index contributed by atoms with van der Waals surface area (Å²) in [6.07, 6.45) is 11.7. The number of hydrogen-bond acceptors (Lipinski definition) is 0. The predicted molar refractivity (Wildman–Crippen MR) is 68.9 cm³/mol. The lowest BCUT2D eigenvalue weighted by atomic mass is 10.0. The molecule has 0 aromatic rings. The average molecular weight is 312 g/mol. The van der Waals surface area contributed by atoms with Crippen LogP contribution in [0.1, 0.15) is 64.2 Å². The zero-order chi connectivity index (χ0) is 10.2. The predicted octanol–water partition coefficient (Wildman–Crippen LogP) is 5.04. The molecule has 2 atom stereocenters. The van der Waals surface area contributed by atoms with Gasteiger partial charge in [-0.15, -0.1) is 0 Å². The van der Waals surface area contributed by atoms with Gasteiger partial charge in [0.2, 0.25) is 0 Å². The summed E-state index contributed by atoms with van der Waals surface area (Å²) in [5.41, 5.74) is 0. The lowest BCUT2D eigenvalue weighted by Crippen LogP contribution is -2.15. The van der Waals surface area contributed by atoms with E-state index in [1.807, 2.05) is 0 Å². The molecule has 0 heterocycles. The number of alkyl halides is 2. The molecule has 0 saturated heterocycles. The molecule has 2 heteroatoms. The summed E-state index contributed by atoms with van der Waals surface area (Å²) in [6, 6.07) is 0. The summed E-state index contributed by atoms with van der Waals surface area (Å²) in [5, 5.41) is 0. The summed E-state index contributed by atoms with van der Waals surface area (Å²) in [4.78, 5) is 0. The first-order chi connectivity index (χ1) is 6.80. The Morgan fingerprint density at radius 3 is 1.71 bits per heavy atom. The second-order valence-electron chi connectivity index (χ2n) is 4.44. The highest BCUT2D eigenvalue weighted by molar-refractivity contribution is 14.1. The second-order valence-corrected chi connectivity index (χ2v) is 6.04. The standard InChI is InChI=1S/C12H22FI/c13-11-9-7-5-3-1-2-4-6-8-10-12(11)14/h11-12H,1-10H2/t11-,12+/m1/s1. The van der Waals surface area contributed by atoms with Gasteiger partial charge in [-0.1, -0.05) is 74.0 Å². The van der Waals surface area contributed by atoms with E-state index in [2.05, 4.69) is 22.6 Å². The third-order valence-electron chi connectivity index (χ3n) is 3.10. The highest BCUT2D eigenvalue weighted by atomic mass is 127. The molecule has 0 bridgehead atoms. The van der Waals surface area contributed by atoms with Crippen molar-refractivity contribution >= 4 is 22.6 Å². The zero-order valence-corrected chi connectivity index (χ0v) is 11.1. The molecule has 1 aliphatic rings. The molecule has 1 fully saturated rings. The Balaban J connectivity index is 2.23. The molecule has 0 aromatic heterocycles. The van der Waals surface area contributed by atoms with Gasteiger partial charge in [0.1, 0.15) is 6.17 Å². The minimum Gasteiger partial charge on any atom is -0.246 e. The van der Waals surface area contributed by atoms with Crippen molar-refractivity contribution in [2.24, 2.45) is 0 Å². The minimum atomic E-state index is -0.546. The Hall–Kier alpha value is 0.660. The molecule has 0 amide bonds. The molecule has 0 spiro atoms. The van der Waals surface area contributed by atoms with Crippen molar-refractivity contribution in [1.82, 2.24) is 0 Å². The maximum Gasteiger partial charge on any atom is 0.112 e. The molecule has 1 aliphatic carbocycles. The molecule has 0 radical (unpaired) electrons. The van der Waals surface area contributed by atoms with Crippen LogP contribution in [0.15, 0.2) is 0 Å². The van der Waals surface area contributed by atoms with E-state index in [0.717, 1.165) is 19.3 Å². The van der Waals surface area contributed by atoms with Gasteiger partial charge in [0, 0.05) is 3.92 Å². The molecular weight excluding hydrogens is 290 g/mol. The van der Waals surface area contributed by atoms with E-state index in [0.29, 0.717) is 0 Å². The molecule has 0 aliphatic heterocycles. The van der Waals surface area contributed by atoms with E-state index in [-0.39, 0.29) is 3.92 Å². The van der Waals surface area contributed by atoms with Crippen molar-refractivity contribution < 1.29 is 4.39 Å². The van der Waals surface area contributed by atoms with Gasteiger partial charge in [0.25, 0.3) is 0 Å². The quantitative estimate of drug-likeness (QED) is 0.434. The van der Waals surface area contributed by atoms with Crippen LogP contribution in [0, 0.1) is 0 Å². The maximum atomic E-state index is 13.6. The fourth-order valence-corrected chi connectivity index (χ4v) is 2.90. The van der Waals surface area contributed by atoms with E-state index in [9.17, 15) is 4.39 Å². The number of halogens is 2. The molecule has 84 valence electrons. The van der Waals surface area contributed by atoms with Gasteiger partial charge in [0.15, 0.2) is 0 Å². The SMILES string of the molecule is F[C@@H]1CCCCCCCCCC[C@@H]1I. The highest BCUT2D eigenvalue weighted by Crippen LogP contribution is 2.24. The van der Waals surface area contributed by atoms with Crippen LogP contribution in [-0.2, 0) is 0 Å². The minimum absolute atomic E-state index is 0.270. The van der Waals surface area contributed by atoms with Crippen molar-refractivity contribution in [2.45, 2.75) is 74.3 Å². The van der Waals surface area contributed by atoms with E-state index in [1.54, 1.807) is 0 Å². The van der Waals surface area contributed by atoms with Gasteiger partial charge in [0.05, 0.1) is 0 Å². The van der Waals surface area contributed by atoms with Crippen LogP contribution in [0.3, 0.4) is 0 Å². The van der Waals surface area contributed by atoms with Gasteiger partial charge in [-0.05, 0) is 12.8 Å². The Morgan fingerprint density at radius 2 is 1.14 bits per heavy atom. The molecular formula is C12H22FI. The van der Waals surface area contributed by atoms with Crippen LogP contribution in [0.2, 0.25) is 0 Å². The van der Waals surface area contributed by atoms with Crippen molar-refractivity contribution in [1.29, 1.82) is 0 Å². The number of rotatable bonds is 0. The van der Waals surface area contributed by atoms with Crippen LogP contribution in [0.4, 0.5) is 4.39 Å². The zero-order valence-electron chi connectivity index (χ0n) is 8.98. The first-order valence-electron chi connectivity index (χ1n) is 6.09. The maximum absolute atomic E-state index is 13.6. The smallest absolute Gasteiger partial charge is 0.112 e. The monoisotopic (exact) mass is 312 g/mol. The third-order valence-corrected chi connectivity index (χ3v) is 4.51. The summed E-state index contributed by atoms with van der Waals surface area (Å²) in [6.45, 7) is 0. The fourth-order valence-electron chi connectivity index (χ4n) is 2.10. The number of hydrogen-bond donors (Lipinski definition) is 0. The normalized spacial score (nSPS) is 33.0. The molecule has 0 nitrogen and oxygen atoms in total. The van der Waals surface area contributed by atoms with Crippen molar-refractivity contribution in [3.63, 3.8) is 0 Å². The lowest BCUT2D eigenvalue weighted by Gasteiger charge is -2.16. The Bertz CT molecular complexity index is 122. The summed E-state index contributed by atoms with van der Waals surface area (Å²) >= 11 is 2.30. The topological polar surface area (TPSA) is 0 Å². The van der Waals surface area contributed by atoms with Crippen LogP contribution >= 0.6 is 22.6 Å². The summed E-state index contributed by atoms with van der Waals surface area (Å²) in [5.74, 6) is 0. The Labute approximate surface area is 101 Å². The lowest BCUT2D eigenvalue weighted by molar-refractivity contribution is 0.292. The first-order valence-corrected chi connectivity index (χ1v) is 7.33. The second kappa shape index (κ2) is 7.89. The fraction of sp³-hybridized carbons (Fsp3) is 1.00. The van der Waals surface area contributed by atoms with Crippen molar-refractivity contribution in [3.05, 3.63) is 0 Å². The molecule has 14 heavy (non-hydrogen) atoms. The third kappa shape index (κ3) is 5.52. The van der Waals surface area contributed by atoms with Crippen LogP contribution < -0.4 is 0 Å². The molecule has 0 unspecified atom stereocenters. The first kappa shape index (κ1) is 12.7. The van der Waals surface area contributed by atoms with Crippen LogP contribution in [-0.4, -0.2) is 10.1 Å². The largest absolute Gasteiger partial charge is 0.246 e. The van der Waals surface area contributed by atoms with Crippen molar-refractivity contribution in [3.8, 4) is 0 Å². The molecule has 1 rings (SSSR count).